The Hall–Kier alpha value is -5.44. The quantitative estimate of drug-likeness (QED) is 0.136. The second kappa shape index (κ2) is 12.0. The molecule has 15 heteroatoms. The highest BCUT2D eigenvalue weighted by molar-refractivity contribution is 9.12. The summed E-state index contributed by atoms with van der Waals surface area (Å²) in [7, 11) is 4.22. The Balaban J connectivity index is 1.44. The van der Waals surface area contributed by atoms with Gasteiger partial charge in [-0.15, -0.1) is 0 Å². The van der Waals surface area contributed by atoms with E-state index in [4.69, 9.17) is 4.74 Å². The first kappa shape index (κ1) is 32.5. The summed E-state index contributed by atoms with van der Waals surface area (Å²) in [6.07, 6.45) is 6.52. The van der Waals surface area contributed by atoms with Crippen molar-refractivity contribution in [1.29, 1.82) is 0 Å². The number of hydrogen-bond donors (Lipinski definition) is 1. The molecule has 48 heavy (non-hydrogen) atoms. The third-order valence-electron chi connectivity index (χ3n) is 9.22. The van der Waals surface area contributed by atoms with E-state index in [2.05, 4.69) is 15.9 Å². The van der Waals surface area contributed by atoms with Crippen LogP contribution < -0.4 is 14.5 Å². The van der Waals surface area contributed by atoms with Gasteiger partial charge in [0.15, 0.2) is 28.8 Å². The molecule has 1 fully saturated rings. The van der Waals surface area contributed by atoms with Gasteiger partial charge in [-0.25, -0.2) is 4.90 Å². The number of ether oxygens (including phenoxy) is 1. The van der Waals surface area contributed by atoms with Gasteiger partial charge >= 0.3 is 11.4 Å². The molecule has 246 valence electrons. The first-order chi connectivity index (χ1) is 22.7. The summed E-state index contributed by atoms with van der Waals surface area (Å²) in [6, 6.07) is 6.64. The van der Waals surface area contributed by atoms with Crippen LogP contribution in [0.3, 0.4) is 0 Å². The van der Waals surface area contributed by atoms with E-state index in [0.29, 0.717) is 11.1 Å². The summed E-state index contributed by atoms with van der Waals surface area (Å²) in [4.78, 5) is 79.3. The molecule has 1 aliphatic heterocycles. The maximum absolute atomic E-state index is 14.2. The molecule has 4 atom stereocenters. The van der Waals surface area contributed by atoms with Gasteiger partial charge in [-0.05, 0) is 52.4 Å². The number of nitro groups is 2. The number of fused-ring (bicyclic) bond motifs is 3. The van der Waals surface area contributed by atoms with Crippen LogP contribution in [0.4, 0.5) is 22.7 Å². The molecule has 1 saturated heterocycles. The number of benzene rings is 2. The predicted octanol–water partition coefficient (Wildman–Crippen LogP) is 4.80. The van der Waals surface area contributed by atoms with Gasteiger partial charge in [-0.3, -0.25) is 39.4 Å². The minimum atomic E-state index is -1.00. The lowest BCUT2D eigenvalue weighted by Gasteiger charge is -2.41. The Morgan fingerprint density at radius 1 is 1.02 bits per heavy atom. The second-order valence-electron chi connectivity index (χ2n) is 12.0. The van der Waals surface area contributed by atoms with Gasteiger partial charge in [0, 0.05) is 49.4 Å². The van der Waals surface area contributed by atoms with E-state index in [1.807, 2.05) is 0 Å². The number of methoxy groups -OCH3 is 1. The maximum Gasteiger partial charge on any atom is 0.301 e. The van der Waals surface area contributed by atoms with Crippen molar-refractivity contribution < 1.29 is 38.9 Å². The fourth-order valence-corrected chi connectivity index (χ4v) is 7.65. The van der Waals surface area contributed by atoms with Crippen molar-refractivity contribution in [3.05, 3.63) is 95.6 Å². The average molecular weight is 720 g/mol. The Morgan fingerprint density at radius 3 is 2.29 bits per heavy atom. The number of phenols is 1. The standard InChI is InChI=1S/C33H27BrN4O10/c1-35(2)30-23(37(44)45)11-16(12-24(30)38(46)47)36-32(42)19-8-7-17-18(6-4-15-5-9-25(39)27(10-15)48-3)28-21(13-20(17)29(19)33(36)43)31(41)22(34)14-26(28)40/h4-7,9-12,14,18-20,29,39H,8,13H2,1-3H3/t18-,19-,20+,29-/m0/s1. The molecule has 0 bridgehead atoms. The van der Waals surface area contributed by atoms with Gasteiger partial charge in [-0.2, -0.15) is 0 Å². The number of nitro benzene ring substituents is 2. The Labute approximate surface area is 281 Å². The molecule has 2 aromatic rings. The van der Waals surface area contributed by atoms with Crippen LogP contribution in [0.1, 0.15) is 18.4 Å². The zero-order valence-electron chi connectivity index (χ0n) is 25.7. The van der Waals surface area contributed by atoms with Crippen molar-refractivity contribution in [2.45, 2.75) is 12.8 Å². The number of Topliss-reactive ketones (excluding diaryl/α,β-unsaturated/α-hetero) is 1. The van der Waals surface area contributed by atoms with Gasteiger partial charge in [0.1, 0.15) is 0 Å². The lowest BCUT2D eigenvalue weighted by Crippen LogP contribution is -2.40. The minimum Gasteiger partial charge on any atom is -0.504 e. The number of nitrogens with zero attached hydrogens (tertiary/aromatic N) is 4. The number of amides is 2. The van der Waals surface area contributed by atoms with Gasteiger partial charge < -0.3 is 14.7 Å². The normalized spacial score (nSPS) is 23.5. The fourth-order valence-electron chi connectivity index (χ4n) is 7.20. The topological polar surface area (TPSA) is 190 Å². The first-order valence-electron chi connectivity index (χ1n) is 14.7. The highest BCUT2D eigenvalue weighted by Gasteiger charge is 2.56. The minimum absolute atomic E-state index is 0.0139. The summed E-state index contributed by atoms with van der Waals surface area (Å²) in [6.45, 7) is 0. The molecule has 0 spiro atoms. The number of rotatable bonds is 7. The van der Waals surface area contributed by atoms with E-state index in [0.717, 1.165) is 17.0 Å². The van der Waals surface area contributed by atoms with Crippen LogP contribution in [-0.2, 0) is 19.2 Å². The third kappa shape index (κ3) is 5.10. The zero-order valence-corrected chi connectivity index (χ0v) is 27.3. The van der Waals surface area contributed by atoms with E-state index in [-0.39, 0.29) is 57.1 Å². The highest BCUT2D eigenvalue weighted by atomic mass is 79.9. The SMILES string of the molecule is COc1cc(C=C[C@H]2C3=CC[C@@H]4C(=O)N(c5cc([N+](=O)[O-])c(N(C)C)c([N+](=O)[O-])c5)C(=O)[C@@H]4[C@@H]3CC3=C2C(=O)C=C(Br)C3=O)ccc1O. The van der Waals surface area contributed by atoms with Gasteiger partial charge in [0.2, 0.25) is 11.8 Å². The summed E-state index contributed by atoms with van der Waals surface area (Å²) in [5.74, 6) is -5.37. The number of carbonyl (C=O) groups excluding carboxylic acids is 4. The van der Waals surface area contributed by atoms with Crippen molar-refractivity contribution in [2.75, 3.05) is 31.0 Å². The number of ketones is 2. The Morgan fingerprint density at radius 2 is 1.69 bits per heavy atom. The van der Waals surface area contributed by atoms with Crippen molar-refractivity contribution in [1.82, 2.24) is 0 Å². The van der Waals surface area contributed by atoms with Crippen molar-refractivity contribution in [2.24, 2.45) is 23.7 Å². The van der Waals surface area contributed by atoms with E-state index >= 15 is 0 Å². The molecule has 1 heterocycles. The van der Waals surface area contributed by atoms with Crippen molar-refractivity contribution in [3.8, 4) is 11.5 Å². The molecule has 0 radical (unpaired) electrons. The Kier molecular flexibility index (Phi) is 8.11. The molecule has 6 rings (SSSR count). The highest BCUT2D eigenvalue weighted by Crippen LogP contribution is 2.54. The molecule has 3 aliphatic carbocycles. The van der Waals surface area contributed by atoms with E-state index in [1.165, 1.54) is 38.2 Å². The molecule has 4 aliphatic rings. The number of imide groups is 1. The van der Waals surface area contributed by atoms with Crippen molar-refractivity contribution >= 4 is 68.1 Å². The molecule has 0 unspecified atom stereocenters. The molecular weight excluding hydrogens is 692 g/mol. The number of carbonyl (C=O) groups is 4. The third-order valence-corrected chi connectivity index (χ3v) is 9.81. The predicted molar refractivity (Wildman–Crippen MR) is 176 cm³/mol. The van der Waals surface area contributed by atoms with Crippen LogP contribution in [0.2, 0.25) is 0 Å². The van der Waals surface area contributed by atoms with Gasteiger partial charge in [-0.1, -0.05) is 29.9 Å². The molecule has 0 aromatic heterocycles. The van der Waals surface area contributed by atoms with E-state index in [1.54, 1.807) is 30.4 Å². The van der Waals surface area contributed by atoms with Crippen LogP contribution >= 0.6 is 15.9 Å². The summed E-state index contributed by atoms with van der Waals surface area (Å²) in [5, 5.41) is 34.0. The van der Waals surface area contributed by atoms with Gasteiger partial charge in [0.05, 0.1) is 39.0 Å². The largest absolute Gasteiger partial charge is 0.504 e. The average Bonchev–Trinajstić information content (AvgIpc) is 3.30. The van der Waals surface area contributed by atoms with Crippen LogP contribution in [0, 0.1) is 43.9 Å². The van der Waals surface area contributed by atoms with Gasteiger partial charge in [0.25, 0.3) is 0 Å². The molecule has 0 saturated carbocycles. The van der Waals surface area contributed by atoms with Crippen molar-refractivity contribution in [3.63, 3.8) is 0 Å². The summed E-state index contributed by atoms with van der Waals surface area (Å²) in [5.41, 5.74) is -0.144. The summed E-state index contributed by atoms with van der Waals surface area (Å²) < 4.78 is 5.26. The zero-order chi connectivity index (χ0) is 34.8. The molecular formula is C33H27BrN4O10. The molecule has 14 nitrogen and oxygen atoms in total. The maximum atomic E-state index is 14.2. The number of anilines is 2. The van der Waals surface area contributed by atoms with Crippen LogP contribution in [0.25, 0.3) is 6.08 Å². The first-order valence-corrected chi connectivity index (χ1v) is 15.5. The molecule has 2 amide bonds. The summed E-state index contributed by atoms with van der Waals surface area (Å²) >= 11 is 3.18. The number of halogens is 1. The number of allylic oxidation sites excluding steroid dienone is 7. The van der Waals surface area contributed by atoms with Crippen LogP contribution in [-0.4, -0.2) is 59.5 Å². The van der Waals surface area contributed by atoms with Crippen LogP contribution in [0.15, 0.2) is 69.8 Å². The Bertz CT molecular complexity index is 1960. The molecule has 2 aromatic carbocycles. The number of aromatic hydroxyl groups is 1. The van der Waals surface area contributed by atoms with E-state index in [9.17, 15) is 44.5 Å². The number of hydrogen-bond acceptors (Lipinski definition) is 11. The fraction of sp³-hybridized carbons (Fsp3) is 0.273. The number of phenolic OH excluding ortho intramolecular Hbond substituents is 1. The lowest BCUT2D eigenvalue weighted by atomic mass is 9.61. The van der Waals surface area contributed by atoms with Crippen LogP contribution in [0.5, 0.6) is 11.5 Å². The van der Waals surface area contributed by atoms with E-state index < -0.39 is 62.5 Å². The second-order valence-corrected chi connectivity index (χ2v) is 12.8. The lowest BCUT2D eigenvalue weighted by molar-refractivity contribution is -0.392. The monoisotopic (exact) mass is 718 g/mol. The smallest absolute Gasteiger partial charge is 0.301 e. The molecule has 1 N–H and O–H groups in total.